The summed E-state index contributed by atoms with van der Waals surface area (Å²) in [7, 11) is 3.71. The van der Waals surface area contributed by atoms with E-state index in [9.17, 15) is 9.59 Å². The fourth-order valence-corrected chi connectivity index (χ4v) is 3.28. The Kier molecular flexibility index (Phi) is 7.08. The van der Waals surface area contributed by atoms with E-state index in [2.05, 4.69) is 27.5 Å². The molecule has 29 heavy (non-hydrogen) atoms. The Balaban J connectivity index is 1.45. The quantitative estimate of drug-likeness (QED) is 0.701. The van der Waals surface area contributed by atoms with Gasteiger partial charge in [0.2, 0.25) is 11.8 Å². The molecule has 1 fully saturated rings. The minimum absolute atomic E-state index is 0.227. The zero-order chi connectivity index (χ0) is 20.6. The number of methoxy groups -OCH3 is 1. The Hall–Kier alpha value is -3.06. The molecule has 154 valence electrons. The molecule has 1 aliphatic heterocycles. The van der Waals surface area contributed by atoms with Gasteiger partial charge in [0, 0.05) is 49.7 Å². The highest BCUT2D eigenvalue weighted by Crippen LogP contribution is 2.19. The first kappa shape index (κ1) is 20.7. The Labute approximate surface area is 171 Å². The zero-order valence-electron chi connectivity index (χ0n) is 17.0. The van der Waals surface area contributed by atoms with Crippen LogP contribution in [0.15, 0.2) is 48.5 Å². The molecule has 7 heteroatoms. The number of nitrogens with zero attached hydrogens (tertiary/aromatic N) is 2. The molecule has 2 aromatic carbocycles. The molecular weight excluding hydrogens is 368 g/mol. The molecule has 0 radical (unpaired) electrons. The van der Waals surface area contributed by atoms with Gasteiger partial charge in [-0.15, -0.1) is 0 Å². The van der Waals surface area contributed by atoms with Gasteiger partial charge in [-0.25, -0.2) is 0 Å². The molecule has 3 rings (SSSR count). The Morgan fingerprint density at radius 1 is 0.966 bits per heavy atom. The van der Waals surface area contributed by atoms with Crippen molar-refractivity contribution in [2.45, 2.75) is 13.0 Å². The van der Waals surface area contributed by atoms with Gasteiger partial charge < -0.3 is 25.2 Å². The Bertz CT molecular complexity index is 830. The zero-order valence-corrected chi connectivity index (χ0v) is 17.0. The predicted octanol–water partition coefficient (Wildman–Crippen LogP) is 2.09. The summed E-state index contributed by atoms with van der Waals surface area (Å²) >= 11 is 0. The van der Waals surface area contributed by atoms with Gasteiger partial charge in [0.05, 0.1) is 7.11 Å². The van der Waals surface area contributed by atoms with Crippen LogP contribution in [0.1, 0.15) is 12.0 Å². The molecule has 0 aromatic heterocycles. The molecule has 1 aliphatic rings. The van der Waals surface area contributed by atoms with E-state index in [0.29, 0.717) is 18.0 Å². The summed E-state index contributed by atoms with van der Waals surface area (Å²) in [5.74, 6) is 0.0371. The summed E-state index contributed by atoms with van der Waals surface area (Å²) < 4.78 is 5.26. The molecule has 2 amide bonds. The lowest BCUT2D eigenvalue weighted by Gasteiger charge is -2.34. The number of hydrogen-bond donors (Lipinski definition) is 2. The third kappa shape index (κ3) is 5.96. The molecular formula is C22H28N4O3. The van der Waals surface area contributed by atoms with E-state index < -0.39 is 0 Å². The highest BCUT2D eigenvalue weighted by atomic mass is 16.5. The molecule has 1 saturated heterocycles. The first-order valence-electron chi connectivity index (χ1n) is 9.77. The monoisotopic (exact) mass is 396 g/mol. The average molecular weight is 396 g/mol. The number of amides is 2. The summed E-state index contributed by atoms with van der Waals surface area (Å²) in [5.41, 5.74) is 2.69. The van der Waals surface area contributed by atoms with Gasteiger partial charge in [0.15, 0.2) is 0 Å². The van der Waals surface area contributed by atoms with Crippen LogP contribution in [-0.2, 0) is 16.1 Å². The number of anilines is 2. The van der Waals surface area contributed by atoms with Crippen molar-refractivity contribution in [3.63, 3.8) is 0 Å². The maximum absolute atomic E-state index is 12.2. The summed E-state index contributed by atoms with van der Waals surface area (Å²) in [6.07, 6.45) is -0.227. The van der Waals surface area contributed by atoms with Gasteiger partial charge in [-0.3, -0.25) is 9.59 Å². The third-order valence-corrected chi connectivity index (χ3v) is 5.01. The highest BCUT2D eigenvalue weighted by Gasteiger charge is 2.15. The largest absolute Gasteiger partial charge is 0.496 e. The van der Waals surface area contributed by atoms with Crippen LogP contribution in [0.25, 0.3) is 0 Å². The van der Waals surface area contributed by atoms with E-state index in [1.165, 1.54) is 0 Å². The third-order valence-electron chi connectivity index (χ3n) is 5.01. The lowest BCUT2D eigenvalue weighted by molar-refractivity contribution is -0.126. The lowest BCUT2D eigenvalue weighted by atomic mass is 10.2. The molecule has 7 nitrogen and oxygen atoms in total. The van der Waals surface area contributed by atoms with Crippen LogP contribution in [0.4, 0.5) is 11.4 Å². The molecule has 2 N–H and O–H groups in total. The minimum atomic E-state index is -0.338. The Morgan fingerprint density at radius 3 is 2.34 bits per heavy atom. The number of benzene rings is 2. The fourth-order valence-electron chi connectivity index (χ4n) is 3.28. The second kappa shape index (κ2) is 9.93. The van der Waals surface area contributed by atoms with Crippen molar-refractivity contribution in [1.29, 1.82) is 0 Å². The van der Waals surface area contributed by atoms with Crippen molar-refractivity contribution in [2.24, 2.45) is 0 Å². The normalized spacial score (nSPS) is 14.3. The summed E-state index contributed by atoms with van der Waals surface area (Å²) in [6.45, 7) is 4.39. The number of ether oxygens (including phenoxy) is 1. The van der Waals surface area contributed by atoms with E-state index in [-0.39, 0.29) is 18.2 Å². The lowest BCUT2D eigenvalue weighted by Crippen LogP contribution is -2.44. The number of likely N-dealkylation sites (N-methyl/N-ethyl adjacent to an activating group) is 1. The van der Waals surface area contributed by atoms with Crippen molar-refractivity contribution >= 4 is 23.2 Å². The molecule has 0 atom stereocenters. The molecule has 0 saturated carbocycles. The maximum atomic E-state index is 12.2. The Morgan fingerprint density at radius 2 is 1.66 bits per heavy atom. The standard InChI is InChI=1S/C22H28N4O3/c1-25-11-13-26(14-12-25)19-9-7-18(8-10-19)24-22(28)15-21(27)23-16-17-5-3-4-6-20(17)29-2/h3-10H,11-16H2,1-2H3,(H,23,27)(H,24,28). The van der Waals surface area contributed by atoms with Gasteiger partial charge in [-0.05, 0) is 37.4 Å². The molecule has 0 aliphatic carbocycles. The van der Waals surface area contributed by atoms with Crippen molar-refractivity contribution in [1.82, 2.24) is 10.2 Å². The van der Waals surface area contributed by atoms with Crippen molar-refractivity contribution in [3.8, 4) is 5.75 Å². The van der Waals surface area contributed by atoms with E-state index in [0.717, 1.165) is 37.4 Å². The summed E-state index contributed by atoms with van der Waals surface area (Å²) in [4.78, 5) is 28.9. The molecule has 0 bridgehead atoms. The van der Waals surface area contributed by atoms with Crippen LogP contribution in [0, 0.1) is 0 Å². The summed E-state index contributed by atoms with van der Waals surface area (Å²) in [5, 5.41) is 5.54. The van der Waals surface area contributed by atoms with Gasteiger partial charge in [-0.1, -0.05) is 18.2 Å². The van der Waals surface area contributed by atoms with Crippen LogP contribution >= 0.6 is 0 Å². The molecule has 0 unspecified atom stereocenters. The number of carbonyl (C=O) groups excluding carboxylic acids is 2. The van der Waals surface area contributed by atoms with Gasteiger partial charge in [0.25, 0.3) is 0 Å². The van der Waals surface area contributed by atoms with Crippen molar-refractivity contribution in [3.05, 3.63) is 54.1 Å². The van der Waals surface area contributed by atoms with Gasteiger partial charge in [0.1, 0.15) is 12.2 Å². The second-order valence-electron chi connectivity index (χ2n) is 7.15. The van der Waals surface area contributed by atoms with Crippen molar-refractivity contribution in [2.75, 3.05) is 50.6 Å². The van der Waals surface area contributed by atoms with Gasteiger partial charge >= 0.3 is 0 Å². The number of rotatable bonds is 7. The van der Waals surface area contributed by atoms with E-state index in [1.54, 1.807) is 7.11 Å². The van der Waals surface area contributed by atoms with Crippen LogP contribution in [-0.4, -0.2) is 57.1 Å². The smallest absolute Gasteiger partial charge is 0.233 e. The van der Waals surface area contributed by atoms with E-state index >= 15 is 0 Å². The van der Waals surface area contributed by atoms with Crippen LogP contribution in [0.5, 0.6) is 5.75 Å². The van der Waals surface area contributed by atoms with Crippen molar-refractivity contribution < 1.29 is 14.3 Å². The first-order valence-corrected chi connectivity index (χ1v) is 9.77. The summed E-state index contributed by atoms with van der Waals surface area (Å²) in [6, 6.07) is 15.2. The highest BCUT2D eigenvalue weighted by molar-refractivity contribution is 6.03. The average Bonchev–Trinajstić information content (AvgIpc) is 2.73. The molecule has 0 spiro atoms. The number of piperazine rings is 1. The topological polar surface area (TPSA) is 73.9 Å². The van der Waals surface area contributed by atoms with E-state index in [1.807, 2.05) is 48.5 Å². The molecule has 1 heterocycles. The maximum Gasteiger partial charge on any atom is 0.233 e. The van der Waals surface area contributed by atoms with Crippen LogP contribution in [0.2, 0.25) is 0 Å². The van der Waals surface area contributed by atoms with Crippen LogP contribution in [0.3, 0.4) is 0 Å². The number of para-hydroxylation sites is 1. The van der Waals surface area contributed by atoms with Gasteiger partial charge in [-0.2, -0.15) is 0 Å². The fraction of sp³-hybridized carbons (Fsp3) is 0.364. The second-order valence-corrected chi connectivity index (χ2v) is 7.15. The van der Waals surface area contributed by atoms with E-state index in [4.69, 9.17) is 4.74 Å². The SMILES string of the molecule is COc1ccccc1CNC(=O)CC(=O)Nc1ccc(N2CCN(C)CC2)cc1. The molecule has 2 aromatic rings. The predicted molar refractivity (Wildman–Crippen MR) is 114 cm³/mol. The number of nitrogens with one attached hydrogen (secondary N) is 2. The number of hydrogen-bond acceptors (Lipinski definition) is 5. The number of carbonyl (C=O) groups is 2. The first-order chi connectivity index (χ1) is 14.0. The van der Waals surface area contributed by atoms with Crippen LogP contribution < -0.4 is 20.3 Å². The minimum Gasteiger partial charge on any atom is -0.496 e.